The third-order valence-corrected chi connectivity index (χ3v) is 3.94. The molecule has 2 N–H and O–H groups in total. The summed E-state index contributed by atoms with van der Waals surface area (Å²) in [6.07, 6.45) is 1.76. The highest BCUT2D eigenvalue weighted by Gasteiger charge is 2.15. The summed E-state index contributed by atoms with van der Waals surface area (Å²) in [6.45, 7) is 0.853. The lowest BCUT2D eigenvalue weighted by Crippen LogP contribution is -2.26. The molecule has 0 aliphatic carbocycles. The molecule has 0 saturated carbocycles. The quantitative estimate of drug-likeness (QED) is 0.665. The molecule has 0 fully saturated rings. The van der Waals surface area contributed by atoms with Crippen molar-refractivity contribution in [3.63, 3.8) is 0 Å². The van der Waals surface area contributed by atoms with E-state index in [2.05, 4.69) is 62.3 Å². The molecule has 1 atom stereocenters. The smallest absolute Gasteiger partial charge is 0.165 e. The van der Waals surface area contributed by atoms with Crippen LogP contribution in [0.5, 0.6) is 5.75 Å². The summed E-state index contributed by atoms with van der Waals surface area (Å²) in [7, 11) is 1.67. The molecular weight excluding hydrogens is 302 g/mol. The lowest BCUT2D eigenvalue weighted by Gasteiger charge is -2.16. The van der Waals surface area contributed by atoms with Gasteiger partial charge in [-0.05, 0) is 53.1 Å². The predicted octanol–water partition coefficient (Wildman–Crippen LogP) is 2.32. The van der Waals surface area contributed by atoms with Crippen LogP contribution in [0.25, 0.3) is 0 Å². The van der Waals surface area contributed by atoms with E-state index >= 15 is 0 Å². The third kappa shape index (κ3) is 4.39. The zero-order chi connectivity index (χ0) is 16.6. The van der Waals surface area contributed by atoms with Gasteiger partial charge < -0.3 is 10.1 Å². The molecule has 0 bridgehead atoms. The van der Waals surface area contributed by atoms with Gasteiger partial charge in [-0.15, -0.1) is 5.10 Å². The van der Waals surface area contributed by atoms with Crippen molar-refractivity contribution in [1.29, 1.82) is 0 Å². The molecule has 3 aromatic rings. The standard InChI is InChI=1S/C18H21N5O/c1-24-16-9-7-15(8-10-16)13-17(18-20-22-23-21-18)19-12-11-14-5-3-2-4-6-14/h2-10,17,19H,11-13H2,1H3,(H,20,21,22,23). The van der Waals surface area contributed by atoms with Crippen LogP contribution in [-0.2, 0) is 12.8 Å². The number of hydrogen-bond donors (Lipinski definition) is 2. The van der Waals surface area contributed by atoms with E-state index in [1.165, 1.54) is 11.1 Å². The van der Waals surface area contributed by atoms with E-state index in [0.717, 1.165) is 31.0 Å². The fourth-order valence-electron chi connectivity index (χ4n) is 2.61. The minimum atomic E-state index is 0.0390. The van der Waals surface area contributed by atoms with Crippen LogP contribution in [0.15, 0.2) is 54.6 Å². The van der Waals surface area contributed by atoms with Crippen molar-refractivity contribution in [2.75, 3.05) is 13.7 Å². The highest BCUT2D eigenvalue weighted by molar-refractivity contribution is 5.28. The fourth-order valence-corrected chi connectivity index (χ4v) is 2.61. The van der Waals surface area contributed by atoms with Crippen LogP contribution in [0.3, 0.4) is 0 Å². The van der Waals surface area contributed by atoms with E-state index < -0.39 is 0 Å². The predicted molar refractivity (Wildman–Crippen MR) is 91.8 cm³/mol. The molecule has 0 saturated heterocycles. The molecule has 0 aliphatic rings. The van der Waals surface area contributed by atoms with E-state index in [-0.39, 0.29) is 6.04 Å². The second-order valence-electron chi connectivity index (χ2n) is 5.58. The molecule has 3 rings (SSSR count). The van der Waals surface area contributed by atoms with Gasteiger partial charge in [-0.3, -0.25) is 0 Å². The van der Waals surface area contributed by atoms with Crippen LogP contribution in [-0.4, -0.2) is 34.3 Å². The molecule has 124 valence electrons. The number of nitrogens with one attached hydrogen (secondary N) is 2. The Kier molecular flexibility index (Phi) is 5.52. The molecule has 2 aromatic carbocycles. The van der Waals surface area contributed by atoms with Crippen LogP contribution in [0.2, 0.25) is 0 Å². The number of aromatic nitrogens is 4. The average molecular weight is 323 g/mol. The second-order valence-corrected chi connectivity index (χ2v) is 5.58. The summed E-state index contributed by atoms with van der Waals surface area (Å²) in [5.74, 6) is 1.60. The van der Waals surface area contributed by atoms with Crippen molar-refractivity contribution in [2.24, 2.45) is 0 Å². The third-order valence-electron chi connectivity index (χ3n) is 3.94. The lowest BCUT2D eigenvalue weighted by atomic mass is 10.0. The van der Waals surface area contributed by atoms with Crippen molar-refractivity contribution in [1.82, 2.24) is 25.9 Å². The topological polar surface area (TPSA) is 75.7 Å². The van der Waals surface area contributed by atoms with Crippen LogP contribution >= 0.6 is 0 Å². The molecule has 0 aliphatic heterocycles. The van der Waals surface area contributed by atoms with E-state index in [9.17, 15) is 0 Å². The Labute approximate surface area is 141 Å². The van der Waals surface area contributed by atoms with E-state index in [1.807, 2.05) is 18.2 Å². The highest BCUT2D eigenvalue weighted by Crippen LogP contribution is 2.17. The minimum Gasteiger partial charge on any atom is -0.497 e. The minimum absolute atomic E-state index is 0.0390. The summed E-state index contributed by atoms with van der Waals surface area (Å²) in [4.78, 5) is 0. The molecule has 0 amide bonds. The summed E-state index contributed by atoms with van der Waals surface area (Å²) in [6, 6.07) is 18.5. The normalized spacial score (nSPS) is 12.0. The number of hydrogen-bond acceptors (Lipinski definition) is 5. The Hall–Kier alpha value is -2.73. The van der Waals surface area contributed by atoms with Gasteiger partial charge in [-0.2, -0.15) is 0 Å². The number of methoxy groups -OCH3 is 1. The molecule has 1 aromatic heterocycles. The van der Waals surface area contributed by atoms with Crippen molar-refractivity contribution in [3.05, 3.63) is 71.5 Å². The van der Waals surface area contributed by atoms with Gasteiger partial charge in [0.05, 0.1) is 13.2 Å². The van der Waals surface area contributed by atoms with Gasteiger partial charge in [-0.1, -0.05) is 42.5 Å². The number of aromatic amines is 1. The summed E-state index contributed by atoms with van der Waals surface area (Å²) in [5.41, 5.74) is 2.51. The number of ether oxygens (including phenoxy) is 1. The average Bonchev–Trinajstić information content (AvgIpc) is 3.17. The van der Waals surface area contributed by atoms with Gasteiger partial charge in [-0.25, -0.2) is 5.10 Å². The largest absolute Gasteiger partial charge is 0.497 e. The maximum Gasteiger partial charge on any atom is 0.165 e. The Morgan fingerprint density at radius 1 is 1.04 bits per heavy atom. The van der Waals surface area contributed by atoms with Crippen molar-refractivity contribution in [3.8, 4) is 5.75 Å². The molecule has 1 heterocycles. The zero-order valence-corrected chi connectivity index (χ0v) is 13.6. The number of H-pyrrole nitrogens is 1. The van der Waals surface area contributed by atoms with E-state index in [4.69, 9.17) is 4.74 Å². The monoisotopic (exact) mass is 323 g/mol. The van der Waals surface area contributed by atoms with Gasteiger partial charge >= 0.3 is 0 Å². The first-order chi connectivity index (χ1) is 11.8. The molecule has 6 heteroatoms. The van der Waals surface area contributed by atoms with Crippen molar-refractivity contribution >= 4 is 0 Å². The molecular formula is C18H21N5O. The molecule has 0 radical (unpaired) electrons. The number of tetrazole rings is 1. The van der Waals surface area contributed by atoms with Crippen LogP contribution < -0.4 is 10.1 Å². The molecule has 0 spiro atoms. The second kappa shape index (κ2) is 8.21. The SMILES string of the molecule is COc1ccc(CC(NCCc2ccccc2)c2nnn[nH]2)cc1. The Morgan fingerprint density at radius 2 is 1.83 bits per heavy atom. The summed E-state index contributed by atoms with van der Waals surface area (Å²) >= 11 is 0. The Bertz CT molecular complexity index is 713. The maximum atomic E-state index is 5.21. The zero-order valence-electron chi connectivity index (χ0n) is 13.6. The van der Waals surface area contributed by atoms with Crippen LogP contribution in [0, 0.1) is 0 Å². The van der Waals surface area contributed by atoms with Crippen molar-refractivity contribution < 1.29 is 4.74 Å². The van der Waals surface area contributed by atoms with Crippen LogP contribution in [0.1, 0.15) is 23.0 Å². The van der Waals surface area contributed by atoms with Crippen LogP contribution in [0.4, 0.5) is 0 Å². The van der Waals surface area contributed by atoms with Crippen molar-refractivity contribution in [2.45, 2.75) is 18.9 Å². The molecule has 6 nitrogen and oxygen atoms in total. The Morgan fingerprint density at radius 3 is 2.50 bits per heavy atom. The van der Waals surface area contributed by atoms with Gasteiger partial charge in [0.25, 0.3) is 0 Å². The van der Waals surface area contributed by atoms with Gasteiger partial charge in [0, 0.05) is 0 Å². The van der Waals surface area contributed by atoms with E-state index in [1.54, 1.807) is 7.11 Å². The lowest BCUT2D eigenvalue weighted by molar-refractivity contribution is 0.414. The first-order valence-corrected chi connectivity index (χ1v) is 7.99. The summed E-state index contributed by atoms with van der Waals surface area (Å²) in [5, 5.41) is 17.9. The fraction of sp³-hybridized carbons (Fsp3) is 0.278. The van der Waals surface area contributed by atoms with Gasteiger partial charge in [0.15, 0.2) is 5.82 Å². The molecule has 24 heavy (non-hydrogen) atoms. The van der Waals surface area contributed by atoms with E-state index in [0.29, 0.717) is 0 Å². The number of benzene rings is 2. The highest BCUT2D eigenvalue weighted by atomic mass is 16.5. The number of rotatable bonds is 8. The first kappa shape index (κ1) is 16.1. The maximum absolute atomic E-state index is 5.21. The Balaban J connectivity index is 1.63. The summed E-state index contributed by atoms with van der Waals surface area (Å²) < 4.78 is 5.21. The number of nitrogens with zero attached hydrogens (tertiary/aromatic N) is 3. The first-order valence-electron chi connectivity index (χ1n) is 7.99. The van der Waals surface area contributed by atoms with Gasteiger partial charge in [0.1, 0.15) is 5.75 Å². The van der Waals surface area contributed by atoms with Gasteiger partial charge in [0.2, 0.25) is 0 Å². The molecule has 1 unspecified atom stereocenters.